The molecule has 0 fully saturated rings. The van der Waals surface area contributed by atoms with Crippen LogP contribution in [0.3, 0.4) is 0 Å². The number of aromatic nitrogens is 4. The molecular weight excluding hydrogens is 330 g/mol. The zero-order valence-corrected chi connectivity index (χ0v) is 13.6. The first-order valence-corrected chi connectivity index (χ1v) is 8.53. The Bertz CT molecular complexity index is 909. The molecule has 0 aliphatic rings. The van der Waals surface area contributed by atoms with Gasteiger partial charge < -0.3 is 4.74 Å². The first-order valence-electron chi connectivity index (χ1n) is 7.05. The number of methoxy groups -OCH3 is 1. The monoisotopic (exact) mass is 345 g/mol. The molecule has 0 amide bonds. The van der Waals surface area contributed by atoms with Gasteiger partial charge in [-0.05, 0) is 40.8 Å². The molecule has 8 nitrogen and oxygen atoms in total. The lowest BCUT2D eigenvalue weighted by atomic mass is 10.2. The summed E-state index contributed by atoms with van der Waals surface area (Å²) in [5.74, 6) is 0.634. The van der Waals surface area contributed by atoms with Gasteiger partial charge in [0.1, 0.15) is 12.1 Å². The second kappa shape index (κ2) is 6.77. The number of benzene rings is 2. The minimum absolute atomic E-state index is 0.140. The van der Waals surface area contributed by atoms with Crippen LogP contribution in [0.25, 0.3) is 5.69 Å². The van der Waals surface area contributed by atoms with Crippen LogP contribution in [0, 0.1) is 0 Å². The fourth-order valence-corrected chi connectivity index (χ4v) is 3.17. The van der Waals surface area contributed by atoms with Crippen LogP contribution in [0.2, 0.25) is 0 Å². The molecule has 0 saturated carbocycles. The Morgan fingerprint density at radius 2 is 1.88 bits per heavy atom. The quantitative estimate of drug-likeness (QED) is 0.719. The third kappa shape index (κ3) is 3.42. The van der Waals surface area contributed by atoms with Crippen LogP contribution in [0.15, 0.2) is 59.8 Å². The number of hydrogen-bond acceptors (Lipinski definition) is 6. The molecule has 9 heteroatoms. The molecule has 0 saturated heterocycles. The Hall–Kier alpha value is -2.78. The van der Waals surface area contributed by atoms with Crippen LogP contribution in [-0.4, -0.2) is 35.7 Å². The van der Waals surface area contributed by atoms with Crippen molar-refractivity contribution in [3.8, 4) is 11.4 Å². The van der Waals surface area contributed by atoms with Crippen molar-refractivity contribution < 1.29 is 13.2 Å². The summed E-state index contributed by atoms with van der Waals surface area (Å²) in [5.41, 5.74) is 1.43. The van der Waals surface area contributed by atoms with Crippen molar-refractivity contribution in [2.45, 2.75) is 11.4 Å². The van der Waals surface area contributed by atoms with Crippen molar-refractivity contribution in [2.24, 2.45) is 0 Å². The summed E-state index contributed by atoms with van der Waals surface area (Å²) in [6.07, 6.45) is 1.43. The smallest absolute Gasteiger partial charge is 0.240 e. The van der Waals surface area contributed by atoms with Gasteiger partial charge in [-0.1, -0.05) is 18.2 Å². The standard InChI is InChI=1S/C15H15N5O3S/c1-23-15-5-3-2-4-12(15)10-17-24(21,22)14-8-6-13(7-9-14)20-11-16-18-19-20/h2-9,11,17H,10H2,1H3. The molecule has 0 radical (unpaired) electrons. The van der Waals surface area contributed by atoms with E-state index in [1.54, 1.807) is 25.3 Å². The van der Waals surface area contributed by atoms with E-state index in [2.05, 4.69) is 20.2 Å². The number of rotatable bonds is 6. The predicted octanol–water partition coefficient (Wildman–Crippen LogP) is 1.15. The Morgan fingerprint density at radius 3 is 2.54 bits per heavy atom. The Balaban J connectivity index is 1.76. The summed E-state index contributed by atoms with van der Waals surface area (Å²) in [6, 6.07) is 13.5. The summed E-state index contributed by atoms with van der Waals surface area (Å²) >= 11 is 0. The molecule has 1 N–H and O–H groups in total. The van der Waals surface area contributed by atoms with E-state index >= 15 is 0 Å². The van der Waals surface area contributed by atoms with Crippen molar-refractivity contribution in [3.05, 3.63) is 60.4 Å². The maximum atomic E-state index is 12.4. The van der Waals surface area contributed by atoms with Gasteiger partial charge in [0.15, 0.2) is 0 Å². The molecule has 3 rings (SSSR count). The van der Waals surface area contributed by atoms with E-state index in [9.17, 15) is 8.42 Å². The van der Waals surface area contributed by atoms with E-state index in [0.29, 0.717) is 11.4 Å². The SMILES string of the molecule is COc1ccccc1CNS(=O)(=O)c1ccc(-n2cnnn2)cc1. The van der Waals surface area contributed by atoms with Crippen LogP contribution in [0.1, 0.15) is 5.56 Å². The Kier molecular flexibility index (Phi) is 4.54. The minimum atomic E-state index is -3.64. The van der Waals surface area contributed by atoms with E-state index in [1.807, 2.05) is 18.2 Å². The lowest BCUT2D eigenvalue weighted by molar-refractivity contribution is 0.409. The molecule has 0 aliphatic heterocycles. The molecule has 2 aromatic carbocycles. The molecule has 0 unspecified atom stereocenters. The van der Waals surface area contributed by atoms with E-state index in [1.165, 1.54) is 23.1 Å². The zero-order chi connectivity index (χ0) is 17.0. The number of hydrogen-bond donors (Lipinski definition) is 1. The summed E-state index contributed by atoms with van der Waals surface area (Å²) in [7, 11) is -2.09. The molecule has 124 valence electrons. The molecule has 0 spiro atoms. The molecule has 1 heterocycles. The zero-order valence-electron chi connectivity index (χ0n) is 12.8. The second-order valence-electron chi connectivity index (χ2n) is 4.88. The highest BCUT2D eigenvalue weighted by Gasteiger charge is 2.15. The highest BCUT2D eigenvalue weighted by atomic mass is 32.2. The molecular formula is C15H15N5O3S. The van der Waals surface area contributed by atoms with Crippen LogP contribution >= 0.6 is 0 Å². The maximum absolute atomic E-state index is 12.4. The summed E-state index contributed by atoms with van der Waals surface area (Å²) < 4.78 is 34.0. The molecule has 0 aliphatic carbocycles. The fraction of sp³-hybridized carbons (Fsp3) is 0.133. The van der Waals surface area contributed by atoms with Gasteiger partial charge in [0, 0.05) is 12.1 Å². The average molecular weight is 345 g/mol. The summed E-state index contributed by atoms with van der Waals surface area (Å²) in [5, 5.41) is 10.8. The molecule has 3 aromatic rings. The number of ether oxygens (including phenoxy) is 1. The highest BCUT2D eigenvalue weighted by Crippen LogP contribution is 2.18. The van der Waals surface area contributed by atoms with Gasteiger partial charge in [-0.3, -0.25) is 0 Å². The van der Waals surface area contributed by atoms with Gasteiger partial charge in [-0.15, -0.1) is 5.10 Å². The minimum Gasteiger partial charge on any atom is -0.496 e. The lowest BCUT2D eigenvalue weighted by Crippen LogP contribution is -2.23. The largest absolute Gasteiger partial charge is 0.496 e. The van der Waals surface area contributed by atoms with Gasteiger partial charge >= 0.3 is 0 Å². The Morgan fingerprint density at radius 1 is 1.12 bits per heavy atom. The predicted molar refractivity (Wildman–Crippen MR) is 86.2 cm³/mol. The molecule has 24 heavy (non-hydrogen) atoms. The average Bonchev–Trinajstić information content (AvgIpc) is 3.15. The van der Waals surface area contributed by atoms with Crippen molar-refractivity contribution in [3.63, 3.8) is 0 Å². The summed E-state index contributed by atoms with van der Waals surface area (Å²) in [6.45, 7) is 0.140. The molecule has 0 bridgehead atoms. The number of nitrogens with zero attached hydrogens (tertiary/aromatic N) is 4. The third-order valence-corrected chi connectivity index (χ3v) is 4.82. The first-order chi connectivity index (χ1) is 11.6. The van der Waals surface area contributed by atoms with E-state index in [-0.39, 0.29) is 11.4 Å². The van der Waals surface area contributed by atoms with Gasteiger partial charge in [0.25, 0.3) is 0 Å². The van der Waals surface area contributed by atoms with Crippen LogP contribution in [-0.2, 0) is 16.6 Å². The van der Waals surface area contributed by atoms with Gasteiger partial charge in [0.05, 0.1) is 17.7 Å². The fourth-order valence-electron chi connectivity index (χ4n) is 2.16. The molecule has 0 atom stereocenters. The number of sulfonamides is 1. The topological polar surface area (TPSA) is 99.0 Å². The highest BCUT2D eigenvalue weighted by molar-refractivity contribution is 7.89. The number of para-hydroxylation sites is 1. The normalized spacial score (nSPS) is 11.4. The van der Waals surface area contributed by atoms with Gasteiger partial charge in [-0.25, -0.2) is 17.8 Å². The molecule has 1 aromatic heterocycles. The van der Waals surface area contributed by atoms with E-state index < -0.39 is 10.0 Å². The number of tetrazole rings is 1. The summed E-state index contributed by atoms with van der Waals surface area (Å²) in [4.78, 5) is 0.161. The lowest BCUT2D eigenvalue weighted by Gasteiger charge is -2.10. The van der Waals surface area contributed by atoms with E-state index in [0.717, 1.165) is 5.56 Å². The maximum Gasteiger partial charge on any atom is 0.240 e. The van der Waals surface area contributed by atoms with Gasteiger partial charge in [-0.2, -0.15) is 0 Å². The van der Waals surface area contributed by atoms with Crippen LogP contribution in [0.4, 0.5) is 0 Å². The first kappa shape index (κ1) is 16.1. The van der Waals surface area contributed by atoms with E-state index in [4.69, 9.17) is 4.74 Å². The van der Waals surface area contributed by atoms with Gasteiger partial charge in [0.2, 0.25) is 10.0 Å². The van der Waals surface area contributed by atoms with Crippen LogP contribution in [0.5, 0.6) is 5.75 Å². The van der Waals surface area contributed by atoms with Crippen molar-refractivity contribution in [2.75, 3.05) is 7.11 Å². The van der Waals surface area contributed by atoms with Crippen molar-refractivity contribution in [1.82, 2.24) is 24.9 Å². The third-order valence-electron chi connectivity index (χ3n) is 3.41. The van der Waals surface area contributed by atoms with Crippen LogP contribution < -0.4 is 9.46 Å². The Labute approximate surface area is 139 Å². The second-order valence-corrected chi connectivity index (χ2v) is 6.65. The van der Waals surface area contributed by atoms with Crippen molar-refractivity contribution in [1.29, 1.82) is 0 Å². The van der Waals surface area contributed by atoms with Crippen molar-refractivity contribution >= 4 is 10.0 Å². The number of nitrogens with one attached hydrogen (secondary N) is 1.